The van der Waals surface area contributed by atoms with Gasteiger partial charge in [0.1, 0.15) is 17.3 Å². The van der Waals surface area contributed by atoms with Crippen LogP contribution in [0.4, 0.5) is 4.39 Å². The van der Waals surface area contributed by atoms with Gasteiger partial charge in [0.05, 0.1) is 25.2 Å². The monoisotopic (exact) mass is 517 g/mol. The maximum absolute atomic E-state index is 13.5. The van der Waals surface area contributed by atoms with Crippen molar-refractivity contribution in [2.45, 2.75) is 12.4 Å². The molecule has 0 saturated carbocycles. The number of aromatic nitrogens is 1. The molecule has 1 heterocycles. The molecule has 3 aromatic carbocycles. The first-order valence-electron chi connectivity index (χ1n) is 9.75. The Morgan fingerprint density at radius 3 is 2.00 bits per heavy atom. The van der Waals surface area contributed by atoms with E-state index in [2.05, 4.69) is 15.9 Å². The van der Waals surface area contributed by atoms with E-state index in [1.807, 2.05) is 48.5 Å². The van der Waals surface area contributed by atoms with E-state index < -0.39 is 0 Å². The lowest BCUT2D eigenvalue weighted by Crippen LogP contribution is -2.20. The van der Waals surface area contributed by atoms with Crippen LogP contribution in [0.15, 0.2) is 82.2 Å². The topological polar surface area (TPSA) is 40.5 Å². The fourth-order valence-corrected chi connectivity index (χ4v) is 3.57. The maximum Gasteiger partial charge on any atom is 0.258 e. The Balaban J connectivity index is 0.000000243. The highest BCUT2D eigenvalue weighted by Crippen LogP contribution is 2.21. The van der Waals surface area contributed by atoms with Gasteiger partial charge in [0.2, 0.25) is 0 Å². The van der Waals surface area contributed by atoms with Gasteiger partial charge in [-0.25, -0.2) is 4.39 Å². The quantitative estimate of drug-likeness (QED) is 0.287. The zero-order valence-corrected chi connectivity index (χ0v) is 20.0. The van der Waals surface area contributed by atoms with Gasteiger partial charge < -0.3 is 14.0 Å². The zero-order chi connectivity index (χ0) is 23.1. The van der Waals surface area contributed by atoms with E-state index in [9.17, 15) is 9.18 Å². The number of pyridine rings is 1. The SMILES string of the molecule is COc1ccc(CCl)cc1.COc1ccc(Cn2ccc3cc(F)c(Br)cc3c2=O)cc1. The van der Waals surface area contributed by atoms with Crippen LogP contribution >= 0.6 is 27.5 Å². The van der Waals surface area contributed by atoms with Crippen molar-refractivity contribution in [1.29, 1.82) is 0 Å². The van der Waals surface area contributed by atoms with E-state index in [1.54, 1.807) is 31.0 Å². The van der Waals surface area contributed by atoms with Crippen molar-refractivity contribution in [2.75, 3.05) is 14.2 Å². The van der Waals surface area contributed by atoms with Crippen LogP contribution in [0, 0.1) is 5.82 Å². The number of hydrogen-bond acceptors (Lipinski definition) is 3. The molecule has 0 radical (unpaired) electrons. The van der Waals surface area contributed by atoms with Gasteiger partial charge in [0, 0.05) is 17.5 Å². The second kappa shape index (κ2) is 11.2. The summed E-state index contributed by atoms with van der Waals surface area (Å²) < 4.78 is 25.5. The van der Waals surface area contributed by atoms with Crippen molar-refractivity contribution >= 4 is 38.3 Å². The minimum Gasteiger partial charge on any atom is -0.497 e. The minimum atomic E-state index is -0.375. The summed E-state index contributed by atoms with van der Waals surface area (Å²) in [6, 6.07) is 19.9. The second-order valence-electron chi connectivity index (χ2n) is 6.93. The number of halogens is 3. The van der Waals surface area contributed by atoms with Crippen molar-refractivity contribution in [3.63, 3.8) is 0 Å². The Labute approximate surface area is 199 Å². The van der Waals surface area contributed by atoms with Gasteiger partial charge in [-0.15, -0.1) is 11.6 Å². The zero-order valence-electron chi connectivity index (χ0n) is 17.6. The molecule has 7 heteroatoms. The number of rotatable bonds is 5. The first-order chi connectivity index (χ1) is 15.4. The van der Waals surface area contributed by atoms with E-state index in [-0.39, 0.29) is 11.4 Å². The van der Waals surface area contributed by atoms with E-state index in [1.165, 1.54) is 12.1 Å². The Morgan fingerprint density at radius 2 is 1.47 bits per heavy atom. The third-order valence-electron chi connectivity index (χ3n) is 4.84. The Kier molecular flexibility index (Phi) is 8.31. The van der Waals surface area contributed by atoms with Crippen LogP contribution in [-0.4, -0.2) is 18.8 Å². The lowest BCUT2D eigenvalue weighted by atomic mass is 10.1. The summed E-state index contributed by atoms with van der Waals surface area (Å²) in [5, 5.41) is 1.08. The van der Waals surface area contributed by atoms with Crippen LogP contribution in [0.1, 0.15) is 11.1 Å². The normalized spacial score (nSPS) is 10.4. The third kappa shape index (κ3) is 5.90. The first-order valence-corrected chi connectivity index (χ1v) is 11.1. The van der Waals surface area contributed by atoms with E-state index in [0.717, 1.165) is 22.6 Å². The minimum absolute atomic E-state index is 0.144. The van der Waals surface area contributed by atoms with Gasteiger partial charge in [-0.3, -0.25) is 4.79 Å². The number of nitrogens with zero attached hydrogens (tertiary/aromatic N) is 1. The molecule has 4 nitrogen and oxygen atoms in total. The predicted molar refractivity (Wildman–Crippen MR) is 131 cm³/mol. The number of ether oxygens (including phenoxy) is 2. The van der Waals surface area contributed by atoms with Crippen LogP contribution < -0.4 is 15.0 Å². The second-order valence-corrected chi connectivity index (χ2v) is 8.05. The molecule has 0 atom stereocenters. The van der Waals surface area contributed by atoms with Gasteiger partial charge >= 0.3 is 0 Å². The maximum atomic E-state index is 13.5. The molecule has 0 aliphatic carbocycles. The summed E-state index contributed by atoms with van der Waals surface area (Å²) in [5.41, 5.74) is 1.96. The highest BCUT2D eigenvalue weighted by molar-refractivity contribution is 9.10. The molecular formula is C25H22BrClFNO3. The van der Waals surface area contributed by atoms with Crippen molar-refractivity contribution in [1.82, 2.24) is 4.57 Å². The van der Waals surface area contributed by atoms with Crippen LogP contribution in [-0.2, 0) is 12.4 Å². The first kappa shape index (κ1) is 23.8. The summed E-state index contributed by atoms with van der Waals surface area (Å²) in [4.78, 5) is 12.5. The highest BCUT2D eigenvalue weighted by Gasteiger charge is 2.08. The molecule has 32 heavy (non-hydrogen) atoms. The fourth-order valence-electron chi connectivity index (χ4n) is 3.04. The summed E-state index contributed by atoms with van der Waals surface area (Å²) in [5.74, 6) is 1.83. The Hall–Kier alpha value is -2.83. The molecule has 0 N–H and O–H groups in total. The molecule has 4 aromatic rings. The van der Waals surface area contributed by atoms with Crippen LogP contribution in [0.5, 0.6) is 11.5 Å². The summed E-state index contributed by atoms with van der Waals surface area (Å²) in [7, 11) is 3.26. The number of alkyl halides is 1. The van der Waals surface area contributed by atoms with Crippen LogP contribution in [0.25, 0.3) is 10.8 Å². The van der Waals surface area contributed by atoms with E-state index in [0.29, 0.717) is 27.7 Å². The standard InChI is InChI=1S/C17H13BrFNO2.C8H9ClO/c1-22-13-4-2-11(3-5-13)10-20-7-6-12-8-16(19)15(18)9-14(12)17(20)21;1-10-8-4-2-7(6-9)3-5-8/h2-9H,10H2,1H3;2-5H,6H2,1H3. The van der Waals surface area contributed by atoms with Gasteiger partial charge in [-0.1, -0.05) is 24.3 Å². The number of hydrogen-bond donors (Lipinski definition) is 0. The molecule has 0 amide bonds. The molecule has 0 fully saturated rings. The molecule has 0 aliphatic rings. The molecule has 0 aliphatic heterocycles. The molecule has 1 aromatic heterocycles. The summed E-state index contributed by atoms with van der Waals surface area (Å²) >= 11 is 8.70. The van der Waals surface area contributed by atoms with Crippen molar-refractivity contribution in [2.24, 2.45) is 0 Å². The van der Waals surface area contributed by atoms with Gasteiger partial charge in [0.25, 0.3) is 5.56 Å². The number of benzene rings is 3. The van der Waals surface area contributed by atoms with Gasteiger partial charge in [-0.05, 0) is 74.9 Å². The molecule has 4 rings (SSSR count). The number of methoxy groups -OCH3 is 2. The van der Waals surface area contributed by atoms with Crippen molar-refractivity contribution in [3.8, 4) is 11.5 Å². The average Bonchev–Trinajstić information content (AvgIpc) is 2.83. The third-order valence-corrected chi connectivity index (χ3v) is 5.76. The van der Waals surface area contributed by atoms with Crippen molar-refractivity contribution < 1.29 is 13.9 Å². The highest BCUT2D eigenvalue weighted by atomic mass is 79.9. The van der Waals surface area contributed by atoms with E-state index in [4.69, 9.17) is 21.1 Å². The predicted octanol–water partition coefficient (Wildman–Crippen LogP) is 6.39. The largest absolute Gasteiger partial charge is 0.497 e. The van der Waals surface area contributed by atoms with E-state index >= 15 is 0 Å². The smallest absolute Gasteiger partial charge is 0.258 e. The van der Waals surface area contributed by atoms with Crippen molar-refractivity contribution in [3.05, 3.63) is 105 Å². The summed E-state index contributed by atoms with van der Waals surface area (Å²) in [6.07, 6.45) is 1.68. The molecular weight excluding hydrogens is 497 g/mol. The Bertz CT molecular complexity index is 1220. The molecule has 0 saturated heterocycles. The van der Waals surface area contributed by atoms with Gasteiger partial charge in [0.15, 0.2) is 0 Å². The van der Waals surface area contributed by atoms with Crippen LogP contribution in [0.2, 0.25) is 0 Å². The van der Waals surface area contributed by atoms with Gasteiger partial charge in [-0.2, -0.15) is 0 Å². The number of fused-ring (bicyclic) bond motifs is 1. The fraction of sp³-hybridized carbons (Fsp3) is 0.160. The molecule has 0 bridgehead atoms. The average molecular weight is 519 g/mol. The van der Waals surface area contributed by atoms with Crippen LogP contribution in [0.3, 0.4) is 0 Å². The molecule has 166 valence electrons. The lowest BCUT2D eigenvalue weighted by Gasteiger charge is -2.09. The summed E-state index contributed by atoms with van der Waals surface area (Å²) in [6.45, 7) is 0.452. The molecule has 0 spiro atoms. The Morgan fingerprint density at radius 1 is 0.906 bits per heavy atom. The molecule has 0 unspecified atom stereocenters. The lowest BCUT2D eigenvalue weighted by molar-refractivity contribution is 0.414.